The normalized spacial score (nSPS) is 12.7. The van der Waals surface area contributed by atoms with Gasteiger partial charge in [-0.05, 0) is 53.3 Å². The molecule has 1 radical (unpaired) electrons. The van der Waals surface area contributed by atoms with Crippen molar-refractivity contribution in [2.45, 2.75) is 44.7 Å². The smallest absolute Gasteiger partial charge is 0.435 e. The van der Waals surface area contributed by atoms with Crippen molar-refractivity contribution < 1.29 is 40.3 Å². The molecule has 2 aromatic carbocycles. The third-order valence-electron chi connectivity index (χ3n) is 4.68. The molecule has 2 rings (SSSR count). The molecule has 0 aliphatic heterocycles. The Hall–Kier alpha value is -2.58. The molecule has 0 unspecified atom stereocenters. The number of methoxy groups -OCH3 is 1. The van der Waals surface area contributed by atoms with E-state index in [9.17, 15) is 31.1 Å². The largest absolute Gasteiger partial charge is 0.465 e. The van der Waals surface area contributed by atoms with E-state index in [0.29, 0.717) is 6.07 Å². The number of hydrogen-bond donors (Lipinski definition) is 0. The second kappa shape index (κ2) is 8.28. The Morgan fingerprint density at radius 1 is 0.933 bits per heavy atom. The summed E-state index contributed by atoms with van der Waals surface area (Å²) in [5.74, 6) is -0.740. The van der Waals surface area contributed by atoms with Crippen LogP contribution >= 0.6 is 0 Å². The predicted molar refractivity (Wildman–Crippen MR) is 95.7 cm³/mol. The van der Waals surface area contributed by atoms with Gasteiger partial charge in [-0.1, -0.05) is 32.0 Å². The fourth-order valence-corrected chi connectivity index (χ4v) is 3.12. The van der Waals surface area contributed by atoms with E-state index in [1.165, 1.54) is 26.0 Å². The molecule has 2 nitrogen and oxygen atoms in total. The van der Waals surface area contributed by atoms with Crippen molar-refractivity contribution in [3.63, 3.8) is 0 Å². The number of halogens is 7. The van der Waals surface area contributed by atoms with Crippen LogP contribution in [0.4, 0.5) is 30.7 Å². The minimum atomic E-state index is -6.25. The Morgan fingerprint density at radius 2 is 1.47 bits per heavy atom. The number of alkyl halides is 7. The Labute approximate surface area is 168 Å². The molecular weight excluding hydrogens is 417 g/mol. The van der Waals surface area contributed by atoms with Gasteiger partial charge in [0.1, 0.15) is 0 Å². The van der Waals surface area contributed by atoms with E-state index < -0.39 is 35.1 Å². The van der Waals surface area contributed by atoms with E-state index in [2.05, 4.69) is 10.8 Å². The van der Waals surface area contributed by atoms with E-state index in [1.54, 1.807) is 0 Å². The molecule has 0 spiro atoms. The number of benzene rings is 2. The van der Waals surface area contributed by atoms with Gasteiger partial charge < -0.3 is 4.74 Å². The molecule has 0 fully saturated rings. The van der Waals surface area contributed by atoms with Crippen LogP contribution in [0.5, 0.6) is 0 Å². The lowest BCUT2D eigenvalue weighted by Gasteiger charge is -2.33. The zero-order valence-corrected chi connectivity index (χ0v) is 16.3. The number of rotatable bonds is 5. The minimum absolute atomic E-state index is 0.00527. The summed E-state index contributed by atoms with van der Waals surface area (Å²) >= 11 is 0. The lowest BCUT2D eigenvalue weighted by atomic mass is 9.82. The first-order valence-electron chi connectivity index (χ1n) is 8.91. The number of carbonyl (C=O) groups is 1. The zero-order chi connectivity index (χ0) is 22.9. The quantitative estimate of drug-likeness (QED) is 0.404. The van der Waals surface area contributed by atoms with Gasteiger partial charge in [0.05, 0.1) is 12.7 Å². The van der Waals surface area contributed by atoms with Crippen LogP contribution in [0, 0.1) is 6.07 Å². The summed E-state index contributed by atoms with van der Waals surface area (Å²) in [5.41, 5.74) is -7.72. The van der Waals surface area contributed by atoms with Gasteiger partial charge in [-0.3, -0.25) is 0 Å². The van der Waals surface area contributed by atoms with Gasteiger partial charge in [0.15, 0.2) is 0 Å². The molecule has 0 N–H and O–H groups in total. The summed E-state index contributed by atoms with van der Waals surface area (Å²) in [6, 6.07) is 8.00. The average molecular weight is 435 g/mol. The Balaban J connectivity index is 2.91. The third kappa shape index (κ3) is 4.02. The molecule has 0 saturated carbocycles. The van der Waals surface area contributed by atoms with Gasteiger partial charge in [0, 0.05) is 5.56 Å². The van der Waals surface area contributed by atoms with Crippen LogP contribution in [0.15, 0.2) is 30.3 Å². The van der Waals surface area contributed by atoms with E-state index in [-0.39, 0.29) is 35.1 Å². The van der Waals surface area contributed by atoms with Crippen molar-refractivity contribution in [3.8, 4) is 11.1 Å². The van der Waals surface area contributed by atoms with Crippen molar-refractivity contribution in [1.29, 1.82) is 0 Å². The highest BCUT2D eigenvalue weighted by Gasteiger charge is 2.74. The second-order valence-electron chi connectivity index (χ2n) is 6.49. The molecular formula is C21H18F7O2. The van der Waals surface area contributed by atoms with Crippen molar-refractivity contribution in [2.24, 2.45) is 0 Å². The fourth-order valence-electron chi connectivity index (χ4n) is 3.12. The maximum absolute atomic E-state index is 15.0. The van der Waals surface area contributed by atoms with Crippen molar-refractivity contribution in [3.05, 3.63) is 58.7 Å². The zero-order valence-electron chi connectivity index (χ0n) is 16.3. The van der Waals surface area contributed by atoms with E-state index in [0.717, 1.165) is 19.2 Å². The van der Waals surface area contributed by atoms with Crippen LogP contribution in [-0.2, 0) is 23.2 Å². The van der Waals surface area contributed by atoms with Crippen LogP contribution in [0.1, 0.15) is 40.9 Å². The van der Waals surface area contributed by atoms with Gasteiger partial charge in [-0.25, -0.2) is 9.18 Å². The maximum Gasteiger partial charge on any atom is 0.435 e. The highest BCUT2D eigenvalue weighted by molar-refractivity contribution is 5.90. The first kappa shape index (κ1) is 23.7. The summed E-state index contributed by atoms with van der Waals surface area (Å²) < 4.78 is 101. The van der Waals surface area contributed by atoms with Crippen molar-refractivity contribution in [2.75, 3.05) is 7.11 Å². The molecule has 0 saturated heterocycles. The van der Waals surface area contributed by atoms with Gasteiger partial charge >= 0.3 is 24.0 Å². The number of esters is 1. The molecule has 2 aromatic rings. The number of hydrogen-bond acceptors (Lipinski definition) is 2. The van der Waals surface area contributed by atoms with E-state index >= 15 is 4.39 Å². The van der Waals surface area contributed by atoms with Gasteiger partial charge in [0.25, 0.3) is 0 Å². The Bertz CT molecular complexity index is 899. The maximum atomic E-state index is 15.0. The van der Waals surface area contributed by atoms with Crippen LogP contribution in [-0.4, -0.2) is 25.4 Å². The van der Waals surface area contributed by atoms with Gasteiger partial charge in [0.2, 0.25) is 0 Å². The summed E-state index contributed by atoms with van der Waals surface area (Å²) in [5, 5.41) is 0. The standard InChI is InChI=1S/C21H18F7O2/c1-4-12-10-13(5-2)17(14-6-8-15(9-7-14)18(29)30-3)16(11-12)19(22,20(23,24)25)21(26,27)28/h6-9,11H,4-5H2,1-3H3. The molecule has 0 heterocycles. The molecule has 0 aliphatic carbocycles. The molecule has 0 amide bonds. The lowest BCUT2D eigenvalue weighted by Crippen LogP contribution is -2.50. The monoisotopic (exact) mass is 435 g/mol. The Kier molecular flexibility index (Phi) is 6.54. The van der Waals surface area contributed by atoms with Gasteiger partial charge in [-0.2, -0.15) is 26.3 Å². The second-order valence-corrected chi connectivity index (χ2v) is 6.49. The molecule has 0 aromatic heterocycles. The molecule has 30 heavy (non-hydrogen) atoms. The Morgan fingerprint density at radius 3 is 1.87 bits per heavy atom. The number of ether oxygens (including phenoxy) is 1. The lowest BCUT2D eigenvalue weighted by molar-refractivity contribution is -0.348. The molecule has 0 aliphatic rings. The first-order chi connectivity index (χ1) is 13.8. The van der Waals surface area contributed by atoms with E-state index in [1.807, 2.05) is 0 Å². The first-order valence-corrected chi connectivity index (χ1v) is 8.91. The molecule has 9 heteroatoms. The summed E-state index contributed by atoms with van der Waals surface area (Å²) in [6.07, 6.45) is -12.4. The topological polar surface area (TPSA) is 26.3 Å². The third-order valence-corrected chi connectivity index (χ3v) is 4.68. The highest BCUT2D eigenvalue weighted by Crippen LogP contribution is 2.56. The van der Waals surface area contributed by atoms with E-state index in [4.69, 9.17) is 0 Å². The fraction of sp³-hybridized carbons (Fsp3) is 0.381. The summed E-state index contributed by atoms with van der Waals surface area (Å²) in [7, 11) is 1.12. The van der Waals surface area contributed by atoms with Crippen molar-refractivity contribution in [1.82, 2.24) is 0 Å². The summed E-state index contributed by atoms with van der Waals surface area (Å²) in [6.45, 7) is 3.03. The SMILES string of the molecule is CCc1[c]c(CC)c(-c2ccc(C(=O)OC)cc2)c(C(F)(C(F)(F)F)C(F)(F)F)c1. The average Bonchev–Trinajstić information content (AvgIpc) is 2.69. The van der Waals surface area contributed by atoms with Crippen LogP contribution < -0.4 is 0 Å². The van der Waals surface area contributed by atoms with Gasteiger partial charge in [-0.15, -0.1) is 0 Å². The number of aryl methyl sites for hydroxylation is 2. The number of carbonyl (C=O) groups excluding carboxylic acids is 1. The molecule has 0 bridgehead atoms. The van der Waals surface area contributed by atoms with Crippen LogP contribution in [0.2, 0.25) is 0 Å². The van der Waals surface area contributed by atoms with Crippen LogP contribution in [0.3, 0.4) is 0 Å². The summed E-state index contributed by atoms with van der Waals surface area (Å²) in [4.78, 5) is 11.6. The minimum Gasteiger partial charge on any atom is -0.465 e. The van der Waals surface area contributed by atoms with Crippen molar-refractivity contribution >= 4 is 5.97 Å². The predicted octanol–water partition coefficient (Wildman–Crippen LogP) is 6.35. The molecule has 0 atom stereocenters. The molecule has 163 valence electrons. The van der Waals surface area contributed by atoms with Crippen LogP contribution in [0.25, 0.3) is 11.1 Å². The highest BCUT2D eigenvalue weighted by atomic mass is 19.4.